The van der Waals surface area contributed by atoms with Gasteiger partial charge in [0.05, 0.1) is 12.0 Å². The highest BCUT2D eigenvalue weighted by atomic mass is 32.1. The summed E-state index contributed by atoms with van der Waals surface area (Å²) in [4.78, 5) is 25.4. The standard InChI is InChI=1S/C16H16FNO3S/c1-2-18(10-11-5-3-4-6-13(11)17)16(21)12-7-8-22-14(12)9-15(19)20/h3-8H,2,9-10H2,1H3,(H,19,20). The van der Waals surface area contributed by atoms with E-state index in [0.717, 1.165) is 0 Å². The molecule has 0 fully saturated rings. The van der Waals surface area contributed by atoms with Gasteiger partial charge in [0.1, 0.15) is 5.82 Å². The molecule has 22 heavy (non-hydrogen) atoms. The van der Waals surface area contributed by atoms with Gasteiger partial charge >= 0.3 is 5.97 Å². The molecule has 0 radical (unpaired) electrons. The van der Waals surface area contributed by atoms with E-state index in [9.17, 15) is 14.0 Å². The summed E-state index contributed by atoms with van der Waals surface area (Å²) in [5.41, 5.74) is 0.818. The predicted octanol–water partition coefficient (Wildman–Crippen LogP) is 3.18. The summed E-state index contributed by atoms with van der Waals surface area (Å²) in [6, 6.07) is 7.93. The molecule has 6 heteroatoms. The minimum Gasteiger partial charge on any atom is -0.481 e. The molecule has 0 spiro atoms. The number of halogens is 1. The molecular formula is C16H16FNO3S. The molecule has 0 aliphatic carbocycles. The molecule has 2 aromatic rings. The molecule has 2 rings (SSSR count). The Morgan fingerprint density at radius 3 is 2.64 bits per heavy atom. The maximum absolute atomic E-state index is 13.7. The lowest BCUT2D eigenvalue weighted by Crippen LogP contribution is -2.31. The normalized spacial score (nSPS) is 10.5. The number of carboxylic acids is 1. The topological polar surface area (TPSA) is 57.6 Å². The van der Waals surface area contributed by atoms with Crippen LogP contribution in [0.4, 0.5) is 4.39 Å². The fourth-order valence-electron chi connectivity index (χ4n) is 2.14. The average molecular weight is 321 g/mol. The number of hydrogen-bond donors (Lipinski definition) is 1. The minimum absolute atomic E-state index is 0.157. The first-order valence-electron chi connectivity index (χ1n) is 6.83. The number of carboxylic acid groups (broad SMARTS) is 1. The summed E-state index contributed by atoms with van der Waals surface area (Å²) in [5, 5.41) is 10.6. The smallest absolute Gasteiger partial charge is 0.308 e. The summed E-state index contributed by atoms with van der Waals surface area (Å²) in [6.07, 6.45) is -0.185. The first-order valence-corrected chi connectivity index (χ1v) is 7.71. The second kappa shape index (κ2) is 7.17. The van der Waals surface area contributed by atoms with Crippen LogP contribution in [0.1, 0.15) is 27.7 Å². The fourth-order valence-corrected chi connectivity index (χ4v) is 2.99. The number of aliphatic carboxylic acids is 1. The molecular weight excluding hydrogens is 305 g/mol. The van der Waals surface area contributed by atoms with Crippen LogP contribution in [0.25, 0.3) is 0 Å². The van der Waals surface area contributed by atoms with Crippen LogP contribution in [0.2, 0.25) is 0 Å². The fraction of sp³-hybridized carbons (Fsp3) is 0.250. The van der Waals surface area contributed by atoms with Crippen LogP contribution in [0.5, 0.6) is 0 Å². The zero-order valence-corrected chi connectivity index (χ0v) is 12.9. The van der Waals surface area contributed by atoms with Gasteiger partial charge < -0.3 is 10.0 Å². The molecule has 1 aromatic carbocycles. The van der Waals surface area contributed by atoms with Gasteiger partial charge in [0, 0.05) is 23.5 Å². The van der Waals surface area contributed by atoms with E-state index in [1.54, 1.807) is 29.6 Å². The molecule has 1 amide bonds. The van der Waals surface area contributed by atoms with Crippen molar-refractivity contribution in [2.75, 3.05) is 6.54 Å². The van der Waals surface area contributed by atoms with E-state index in [1.807, 2.05) is 6.92 Å². The summed E-state index contributed by atoms with van der Waals surface area (Å²) >= 11 is 1.24. The van der Waals surface area contributed by atoms with Crippen molar-refractivity contribution in [3.8, 4) is 0 Å². The first kappa shape index (κ1) is 16.2. The van der Waals surface area contributed by atoms with Gasteiger partial charge in [-0.3, -0.25) is 9.59 Å². The number of amides is 1. The third-order valence-corrected chi connectivity index (χ3v) is 4.20. The van der Waals surface area contributed by atoms with Crippen molar-refractivity contribution in [3.63, 3.8) is 0 Å². The zero-order chi connectivity index (χ0) is 16.1. The summed E-state index contributed by atoms with van der Waals surface area (Å²) in [7, 11) is 0. The quantitative estimate of drug-likeness (QED) is 0.889. The monoisotopic (exact) mass is 321 g/mol. The average Bonchev–Trinajstić information content (AvgIpc) is 2.93. The van der Waals surface area contributed by atoms with Crippen LogP contribution in [-0.4, -0.2) is 28.4 Å². The number of hydrogen-bond acceptors (Lipinski definition) is 3. The van der Waals surface area contributed by atoms with E-state index in [-0.39, 0.29) is 24.7 Å². The summed E-state index contributed by atoms with van der Waals surface area (Å²) < 4.78 is 13.7. The number of nitrogens with zero attached hydrogens (tertiary/aromatic N) is 1. The molecule has 0 saturated heterocycles. The largest absolute Gasteiger partial charge is 0.481 e. The second-order valence-electron chi connectivity index (χ2n) is 4.74. The van der Waals surface area contributed by atoms with E-state index >= 15 is 0 Å². The third kappa shape index (κ3) is 3.71. The highest BCUT2D eigenvalue weighted by Gasteiger charge is 2.21. The van der Waals surface area contributed by atoms with Crippen LogP contribution >= 0.6 is 11.3 Å². The van der Waals surface area contributed by atoms with Crippen LogP contribution in [0, 0.1) is 5.82 Å². The van der Waals surface area contributed by atoms with E-state index in [0.29, 0.717) is 22.5 Å². The van der Waals surface area contributed by atoms with Crippen LogP contribution in [0.15, 0.2) is 35.7 Å². The second-order valence-corrected chi connectivity index (χ2v) is 5.74. The molecule has 0 aliphatic heterocycles. The highest BCUT2D eigenvalue weighted by molar-refractivity contribution is 7.10. The Balaban J connectivity index is 2.21. The van der Waals surface area contributed by atoms with Gasteiger partial charge in [-0.25, -0.2) is 4.39 Å². The number of benzene rings is 1. The van der Waals surface area contributed by atoms with Gasteiger partial charge in [0.15, 0.2) is 0 Å². The van der Waals surface area contributed by atoms with E-state index in [4.69, 9.17) is 5.11 Å². The van der Waals surface area contributed by atoms with Gasteiger partial charge in [0.25, 0.3) is 5.91 Å². The number of carbonyl (C=O) groups excluding carboxylic acids is 1. The molecule has 0 atom stereocenters. The molecule has 1 heterocycles. The maximum Gasteiger partial charge on any atom is 0.308 e. The maximum atomic E-state index is 13.7. The Morgan fingerprint density at radius 1 is 1.27 bits per heavy atom. The Labute approximate surface area is 131 Å². The van der Waals surface area contributed by atoms with Gasteiger partial charge in [-0.05, 0) is 24.4 Å². The Bertz CT molecular complexity index is 684. The van der Waals surface area contributed by atoms with E-state index in [1.165, 1.54) is 22.3 Å². The predicted molar refractivity (Wildman–Crippen MR) is 82.5 cm³/mol. The number of rotatable bonds is 6. The summed E-state index contributed by atoms with van der Waals surface area (Å²) in [6.45, 7) is 2.38. The van der Waals surface area contributed by atoms with Crippen LogP contribution in [0.3, 0.4) is 0 Å². The van der Waals surface area contributed by atoms with Crippen LogP contribution < -0.4 is 0 Å². The lowest BCUT2D eigenvalue weighted by atomic mass is 10.1. The van der Waals surface area contributed by atoms with Gasteiger partial charge in [-0.1, -0.05) is 18.2 Å². The van der Waals surface area contributed by atoms with Crippen molar-refractivity contribution in [2.45, 2.75) is 19.9 Å². The molecule has 0 unspecified atom stereocenters. The Morgan fingerprint density at radius 2 is 2.00 bits per heavy atom. The van der Waals surface area contributed by atoms with Crippen molar-refractivity contribution in [1.82, 2.24) is 4.90 Å². The highest BCUT2D eigenvalue weighted by Crippen LogP contribution is 2.21. The lowest BCUT2D eigenvalue weighted by Gasteiger charge is -2.21. The van der Waals surface area contributed by atoms with Crippen molar-refractivity contribution in [1.29, 1.82) is 0 Å². The summed E-state index contributed by atoms with van der Waals surface area (Å²) in [5.74, 6) is -1.61. The van der Waals surface area contributed by atoms with E-state index < -0.39 is 5.97 Å². The minimum atomic E-state index is -0.978. The van der Waals surface area contributed by atoms with Gasteiger partial charge in [-0.15, -0.1) is 11.3 Å². The van der Waals surface area contributed by atoms with Crippen molar-refractivity contribution < 1.29 is 19.1 Å². The van der Waals surface area contributed by atoms with Crippen molar-refractivity contribution in [2.24, 2.45) is 0 Å². The lowest BCUT2D eigenvalue weighted by molar-refractivity contribution is -0.136. The third-order valence-electron chi connectivity index (χ3n) is 3.28. The van der Waals surface area contributed by atoms with Gasteiger partial charge in [-0.2, -0.15) is 0 Å². The molecule has 0 bridgehead atoms. The first-order chi connectivity index (χ1) is 10.5. The van der Waals surface area contributed by atoms with Gasteiger partial charge in [0.2, 0.25) is 0 Å². The molecule has 0 aliphatic rings. The zero-order valence-electron chi connectivity index (χ0n) is 12.1. The SMILES string of the molecule is CCN(Cc1ccccc1F)C(=O)c1ccsc1CC(=O)O. The molecule has 0 saturated carbocycles. The molecule has 4 nitrogen and oxygen atoms in total. The van der Waals surface area contributed by atoms with E-state index in [2.05, 4.69) is 0 Å². The van der Waals surface area contributed by atoms with Crippen molar-refractivity contribution in [3.05, 3.63) is 57.5 Å². The molecule has 1 N–H and O–H groups in total. The number of carbonyl (C=O) groups is 2. The van der Waals surface area contributed by atoms with Crippen LogP contribution in [-0.2, 0) is 17.8 Å². The number of thiophene rings is 1. The molecule has 1 aromatic heterocycles. The Kier molecular flexibility index (Phi) is 5.27. The Hall–Kier alpha value is -2.21. The van der Waals surface area contributed by atoms with Crippen molar-refractivity contribution >= 4 is 23.2 Å². The molecule has 116 valence electrons.